The highest BCUT2D eigenvalue weighted by molar-refractivity contribution is 6.24. The zero-order valence-electron chi connectivity index (χ0n) is 16.3. The second-order valence-corrected chi connectivity index (χ2v) is 7.90. The molecule has 154 valence electrons. The molecule has 0 spiro atoms. The van der Waals surface area contributed by atoms with Gasteiger partial charge in [0.05, 0.1) is 11.1 Å². The summed E-state index contributed by atoms with van der Waals surface area (Å²) in [4.78, 5) is 50.7. The van der Waals surface area contributed by atoms with E-state index in [1.165, 1.54) is 0 Å². The molecule has 3 aliphatic rings. The van der Waals surface area contributed by atoms with Crippen molar-refractivity contribution < 1.29 is 19.2 Å². The Morgan fingerprint density at radius 1 is 1.00 bits per heavy atom. The maximum atomic E-state index is 13.1. The number of amides is 4. The Morgan fingerprint density at radius 2 is 1.86 bits per heavy atom. The number of hydrogen-bond acceptors (Lipinski definition) is 6. The molecule has 3 N–H and O–H groups in total. The number of nitrogens with one attached hydrogen (secondary N) is 3. The van der Waals surface area contributed by atoms with Crippen LogP contribution in [0.2, 0.25) is 0 Å². The van der Waals surface area contributed by atoms with Gasteiger partial charge in [-0.15, -0.1) is 0 Å². The molecular formula is C21H26N4O4. The number of fused-ring (bicyclic) bond motifs is 1. The summed E-state index contributed by atoms with van der Waals surface area (Å²) < 4.78 is 0. The van der Waals surface area contributed by atoms with Gasteiger partial charge in [0.1, 0.15) is 6.04 Å². The van der Waals surface area contributed by atoms with Crippen LogP contribution in [0.1, 0.15) is 64.8 Å². The van der Waals surface area contributed by atoms with E-state index in [9.17, 15) is 19.2 Å². The van der Waals surface area contributed by atoms with E-state index in [4.69, 9.17) is 0 Å². The van der Waals surface area contributed by atoms with Crippen molar-refractivity contribution in [3.8, 4) is 0 Å². The maximum absolute atomic E-state index is 13.1. The summed E-state index contributed by atoms with van der Waals surface area (Å²) in [7, 11) is 0. The number of nitrogens with zero attached hydrogens (tertiary/aromatic N) is 1. The summed E-state index contributed by atoms with van der Waals surface area (Å²) >= 11 is 0. The van der Waals surface area contributed by atoms with Gasteiger partial charge < -0.3 is 10.6 Å². The molecule has 0 bridgehead atoms. The molecule has 1 aromatic rings. The Hall–Kier alpha value is -2.58. The van der Waals surface area contributed by atoms with Gasteiger partial charge in [0.15, 0.2) is 0 Å². The van der Waals surface area contributed by atoms with Gasteiger partial charge in [-0.3, -0.25) is 29.4 Å². The number of carbonyl (C=O) groups excluding carboxylic acids is 4. The molecule has 4 rings (SSSR count). The lowest BCUT2D eigenvalue weighted by Gasteiger charge is -2.28. The SMILES string of the molecule is O=C1CCC(N2C(=O)c3cccc(CNC4CCCCNCC4)c3C2=O)C(=O)N1. The van der Waals surface area contributed by atoms with Crippen molar-refractivity contribution in [3.63, 3.8) is 0 Å². The molecule has 2 saturated heterocycles. The zero-order valence-corrected chi connectivity index (χ0v) is 16.3. The van der Waals surface area contributed by atoms with Crippen molar-refractivity contribution in [2.45, 2.75) is 57.2 Å². The molecule has 0 saturated carbocycles. The first kappa shape index (κ1) is 19.7. The minimum Gasteiger partial charge on any atom is -0.317 e. The third-order valence-corrected chi connectivity index (χ3v) is 5.96. The van der Waals surface area contributed by atoms with Gasteiger partial charge in [-0.1, -0.05) is 18.6 Å². The fourth-order valence-corrected chi connectivity index (χ4v) is 4.38. The van der Waals surface area contributed by atoms with E-state index >= 15 is 0 Å². The standard InChI is InChI=1S/C21H26N4O4/c26-17-8-7-16(19(27)24-17)25-20(28)15-6-3-4-13(18(15)21(25)29)12-23-14-5-1-2-10-22-11-9-14/h3-4,6,14,16,22-23H,1-2,5,7-12H2,(H,24,26,27). The fourth-order valence-electron chi connectivity index (χ4n) is 4.38. The topological polar surface area (TPSA) is 108 Å². The number of benzene rings is 1. The van der Waals surface area contributed by atoms with E-state index in [-0.39, 0.29) is 18.7 Å². The Balaban J connectivity index is 1.51. The monoisotopic (exact) mass is 398 g/mol. The van der Waals surface area contributed by atoms with Crippen LogP contribution in [0.15, 0.2) is 18.2 Å². The third kappa shape index (κ3) is 3.95. The van der Waals surface area contributed by atoms with E-state index in [1.54, 1.807) is 12.1 Å². The summed E-state index contributed by atoms with van der Waals surface area (Å²) in [5.74, 6) is -1.87. The molecule has 8 nitrogen and oxygen atoms in total. The van der Waals surface area contributed by atoms with Crippen LogP contribution in [0, 0.1) is 0 Å². The van der Waals surface area contributed by atoms with Crippen LogP contribution in [-0.2, 0) is 16.1 Å². The molecule has 3 aliphatic heterocycles. The van der Waals surface area contributed by atoms with Crippen LogP contribution in [0.25, 0.3) is 0 Å². The van der Waals surface area contributed by atoms with Gasteiger partial charge in [0.2, 0.25) is 11.8 Å². The Morgan fingerprint density at radius 3 is 2.69 bits per heavy atom. The average Bonchev–Trinajstić information content (AvgIpc) is 2.93. The smallest absolute Gasteiger partial charge is 0.262 e. The largest absolute Gasteiger partial charge is 0.317 e. The molecule has 1 aromatic carbocycles. The number of carbonyl (C=O) groups is 4. The van der Waals surface area contributed by atoms with Gasteiger partial charge in [0, 0.05) is 19.0 Å². The first-order valence-corrected chi connectivity index (χ1v) is 10.3. The highest BCUT2D eigenvalue weighted by atomic mass is 16.2. The molecule has 2 fully saturated rings. The van der Waals surface area contributed by atoms with Crippen molar-refractivity contribution in [2.75, 3.05) is 13.1 Å². The van der Waals surface area contributed by atoms with Crippen molar-refractivity contribution in [1.82, 2.24) is 20.9 Å². The number of piperidine rings is 1. The highest BCUT2D eigenvalue weighted by Gasteiger charge is 2.45. The molecule has 2 atom stereocenters. The lowest BCUT2D eigenvalue weighted by molar-refractivity contribution is -0.136. The molecule has 0 radical (unpaired) electrons. The number of hydrogen-bond donors (Lipinski definition) is 3. The van der Waals surface area contributed by atoms with Crippen LogP contribution in [0.5, 0.6) is 0 Å². The first-order chi connectivity index (χ1) is 14.1. The second kappa shape index (κ2) is 8.42. The lowest BCUT2D eigenvalue weighted by atomic mass is 10.0. The molecule has 29 heavy (non-hydrogen) atoms. The van der Waals surface area contributed by atoms with Gasteiger partial charge >= 0.3 is 0 Å². The lowest BCUT2D eigenvalue weighted by Crippen LogP contribution is -2.54. The molecule has 0 aliphatic carbocycles. The van der Waals surface area contributed by atoms with Gasteiger partial charge in [-0.2, -0.15) is 0 Å². The van der Waals surface area contributed by atoms with Crippen LogP contribution in [0.4, 0.5) is 0 Å². The summed E-state index contributed by atoms with van der Waals surface area (Å²) in [6.07, 6.45) is 4.70. The van der Waals surface area contributed by atoms with Crippen molar-refractivity contribution in [3.05, 3.63) is 34.9 Å². The second-order valence-electron chi connectivity index (χ2n) is 7.90. The number of rotatable bonds is 4. The minimum absolute atomic E-state index is 0.119. The Kier molecular flexibility index (Phi) is 5.73. The Bertz CT molecular complexity index is 845. The third-order valence-electron chi connectivity index (χ3n) is 5.96. The molecule has 0 aromatic heterocycles. The fraction of sp³-hybridized carbons (Fsp3) is 0.524. The minimum atomic E-state index is -0.933. The van der Waals surface area contributed by atoms with Crippen LogP contribution < -0.4 is 16.0 Å². The zero-order chi connectivity index (χ0) is 20.4. The van der Waals surface area contributed by atoms with Crippen molar-refractivity contribution in [2.24, 2.45) is 0 Å². The molecule has 2 unspecified atom stereocenters. The summed E-state index contributed by atoms with van der Waals surface area (Å²) in [6, 6.07) is 4.68. The van der Waals surface area contributed by atoms with Crippen LogP contribution >= 0.6 is 0 Å². The van der Waals surface area contributed by atoms with Gasteiger partial charge in [0.25, 0.3) is 11.8 Å². The molecule has 8 heteroatoms. The summed E-state index contributed by atoms with van der Waals surface area (Å²) in [5, 5.41) is 9.17. The van der Waals surface area contributed by atoms with Crippen LogP contribution in [-0.4, -0.2) is 53.7 Å². The van der Waals surface area contributed by atoms with E-state index in [0.29, 0.717) is 23.7 Å². The molecular weight excluding hydrogens is 372 g/mol. The summed E-state index contributed by atoms with van der Waals surface area (Å²) in [5.41, 5.74) is 1.47. The molecule has 4 amide bonds. The number of imide groups is 2. The predicted octanol–water partition coefficient (Wildman–Crippen LogP) is 0.710. The van der Waals surface area contributed by atoms with E-state index in [2.05, 4.69) is 16.0 Å². The molecule has 3 heterocycles. The average molecular weight is 398 g/mol. The van der Waals surface area contributed by atoms with Crippen molar-refractivity contribution in [1.29, 1.82) is 0 Å². The van der Waals surface area contributed by atoms with Gasteiger partial charge in [-0.25, -0.2) is 0 Å². The first-order valence-electron chi connectivity index (χ1n) is 10.3. The van der Waals surface area contributed by atoms with E-state index in [1.807, 2.05) is 6.07 Å². The summed E-state index contributed by atoms with van der Waals surface area (Å²) in [6.45, 7) is 2.52. The highest BCUT2D eigenvalue weighted by Crippen LogP contribution is 2.30. The van der Waals surface area contributed by atoms with E-state index < -0.39 is 23.8 Å². The maximum Gasteiger partial charge on any atom is 0.262 e. The van der Waals surface area contributed by atoms with E-state index in [0.717, 1.165) is 49.2 Å². The van der Waals surface area contributed by atoms with Crippen LogP contribution in [0.3, 0.4) is 0 Å². The van der Waals surface area contributed by atoms with Gasteiger partial charge in [-0.05, 0) is 50.4 Å². The van der Waals surface area contributed by atoms with Crippen molar-refractivity contribution >= 4 is 23.6 Å². The Labute approximate surface area is 169 Å². The predicted molar refractivity (Wildman–Crippen MR) is 105 cm³/mol. The quantitative estimate of drug-likeness (QED) is 0.645. The normalized spacial score (nSPS) is 25.4.